The molecule has 0 aliphatic carbocycles. The fourth-order valence-electron chi connectivity index (χ4n) is 0.670. The minimum Gasteiger partial charge on any atom is -0.507 e. The average Bonchev–Trinajstić information content (AvgIpc) is 2.06. The molecule has 1 rings (SSSR count). The van der Waals surface area contributed by atoms with E-state index >= 15 is 0 Å². The van der Waals surface area contributed by atoms with Crippen LogP contribution in [0.4, 0.5) is 10.1 Å². The van der Waals surface area contributed by atoms with Crippen molar-refractivity contribution in [2.75, 3.05) is 0 Å². The van der Waals surface area contributed by atoms with Crippen molar-refractivity contribution < 1.29 is 9.50 Å². The molecule has 12 heavy (non-hydrogen) atoms. The molecule has 0 spiro atoms. The van der Waals surface area contributed by atoms with Crippen LogP contribution in [-0.4, -0.2) is 5.11 Å². The Labute approximate surface area is 75.4 Å². The van der Waals surface area contributed by atoms with Crippen LogP contribution in [0.15, 0.2) is 21.7 Å². The van der Waals surface area contributed by atoms with Gasteiger partial charge < -0.3 is 5.11 Å². The second kappa shape index (κ2) is 3.42. The Morgan fingerprint density at radius 3 is 2.83 bits per heavy atom. The van der Waals surface area contributed by atoms with Gasteiger partial charge in [0.25, 0.3) is 0 Å². The normalized spacial score (nSPS) is 9.17. The molecule has 0 bridgehead atoms. The summed E-state index contributed by atoms with van der Waals surface area (Å²) in [6.07, 6.45) is 0. The predicted octanol–water partition coefficient (Wildman–Crippen LogP) is 3.24. The van der Waals surface area contributed by atoms with E-state index in [1.165, 1.54) is 12.1 Å². The third-order valence-corrected chi connectivity index (χ3v) is 1.80. The van der Waals surface area contributed by atoms with Crippen molar-refractivity contribution in [1.82, 2.24) is 0 Å². The van der Waals surface area contributed by atoms with E-state index in [9.17, 15) is 4.39 Å². The van der Waals surface area contributed by atoms with Crippen molar-refractivity contribution in [2.45, 2.75) is 0 Å². The van der Waals surface area contributed by atoms with Crippen molar-refractivity contribution in [2.24, 2.45) is 5.11 Å². The number of phenolic OH excluding ortho intramolecular Hbond substituents is 1. The van der Waals surface area contributed by atoms with Gasteiger partial charge in [0.15, 0.2) is 5.82 Å². The van der Waals surface area contributed by atoms with E-state index in [-0.39, 0.29) is 10.2 Å². The first-order valence-electron chi connectivity index (χ1n) is 2.89. The van der Waals surface area contributed by atoms with Crippen LogP contribution in [0.1, 0.15) is 0 Å². The van der Waals surface area contributed by atoms with Crippen LogP contribution in [0.2, 0.25) is 0 Å². The van der Waals surface area contributed by atoms with Gasteiger partial charge in [0, 0.05) is 4.91 Å². The molecule has 6 heteroatoms. The maximum absolute atomic E-state index is 13.0. The van der Waals surface area contributed by atoms with Crippen LogP contribution in [0.5, 0.6) is 5.75 Å². The van der Waals surface area contributed by atoms with Crippen LogP contribution >= 0.6 is 15.9 Å². The molecule has 0 radical (unpaired) electrons. The fraction of sp³-hybridized carbons (Fsp3) is 0. The molecule has 1 N–H and O–H groups in total. The van der Waals surface area contributed by atoms with Gasteiger partial charge in [0.05, 0.1) is 4.47 Å². The van der Waals surface area contributed by atoms with Gasteiger partial charge in [0.1, 0.15) is 11.4 Å². The highest BCUT2D eigenvalue weighted by Crippen LogP contribution is 2.33. The lowest BCUT2D eigenvalue weighted by Gasteiger charge is -1.99. The molecule has 0 saturated carbocycles. The Morgan fingerprint density at radius 2 is 2.25 bits per heavy atom. The first-order chi connectivity index (χ1) is 5.66. The number of azide groups is 1. The summed E-state index contributed by atoms with van der Waals surface area (Å²) < 4.78 is 13.1. The Hall–Kier alpha value is -1.26. The third kappa shape index (κ3) is 1.49. The average molecular weight is 232 g/mol. The van der Waals surface area contributed by atoms with Crippen molar-refractivity contribution in [3.8, 4) is 5.75 Å². The zero-order chi connectivity index (χ0) is 9.14. The molecule has 62 valence electrons. The minimum absolute atomic E-state index is 0.141. The highest BCUT2D eigenvalue weighted by molar-refractivity contribution is 9.10. The van der Waals surface area contributed by atoms with Crippen molar-refractivity contribution in [3.05, 3.63) is 32.9 Å². The van der Waals surface area contributed by atoms with Crippen LogP contribution in [-0.2, 0) is 0 Å². The van der Waals surface area contributed by atoms with Gasteiger partial charge in [-0.3, -0.25) is 0 Å². The largest absolute Gasteiger partial charge is 0.507 e. The summed E-state index contributed by atoms with van der Waals surface area (Å²) in [4.78, 5) is 2.37. The predicted molar refractivity (Wildman–Crippen MR) is 44.6 cm³/mol. The molecule has 0 fully saturated rings. The summed E-state index contributed by atoms with van der Waals surface area (Å²) in [5.74, 6) is -1.15. The highest BCUT2D eigenvalue weighted by atomic mass is 79.9. The van der Waals surface area contributed by atoms with Gasteiger partial charge in [-0.05, 0) is 33.6 Å². The van der Waals surface area contributed by atoms with Gasteiger partial charge in [-0.15, -0.1) is 0 Å². The molecule has 0 aliphatic heterocycles. The summed E-state index contributed by atoms with van der Waals surface area (Å²) in [7, 11) is 0. The minimum atomic E-state index is -0.771. The number of hydrogen-bond donors (Lipinski definition) is 1. The van der Waals surface area contributed by atoms with Crippen molar-refractivity contribution >= 4 is 21.6 Å². The fourth-order valence-corrected chi connectivity index (χ4v) is 0.990. The molecule has 4 nitrogen and oxygen atoms in total. The Kier molecular flexibility index (Phi) is 2.52. The Bertz CT molecular complexity index is 362. The molecule has 0 amide bonds. The quantitative estimate of drug-likeness (QED) is 0.450. The topological polar surface area (TPSA) is 69.0 Å². The first-order valence-corrected chi connectivity index (χ1v) is 3.68. The number of aromatic hydroxyl groups is 1. The lowest BCUT2D eigenvalue weighted by Crippen LogP contribution is -1.78. The van der Waals surface area contributed by atoms with E-state index in [1.54, 1.807) is 0 Å². The lowest BCUT2D eigenvalue weighted by molar-refractivity contribution is 0.470. The van der Waals surface area contributed by atoms with E-state index in [2.05, 4.69) is 26.0 Å². The number of phenols is 1. The smallest absolute Gasteiger partial charge is 0.150 e. The molecular formula is C6H3BrFN3O. The first kappa shape index (κ1) is 8.83. The molecule has 0 saturated heterocycles. The van der Waals surface area contributed by atoms with Crippen LogP contribution in [0, 0.1) is 5.82 Å². The molecule has 1 aromatic rings. The molecule has 0 unspecified atom stereocenters. The SMILES string of the molecule is [N-]=[N+]=Nc1c(O)ccc(Br)c1F. The summed E-state index contributed by atoms with van der Waals surface area (Å²) in [5.41, 5.74) is 7.63. The van der Waals surface area contributed by atoms with Gasteiger partial charge in [-0.1, -0.05) is 5.11 Å². The van der Waals surface area contributed by atoms with E-state index < -0.39 is 11.5 Å². The number of benzene rings is 1. The number of hydrogen-bond acceptors (Lipinski definition) is 2. The second-order valence-electron chi connectivity index (χ2n) is 1.92. The number of rotatable bonds is 1. The van der Waals surface area contributed by atoms with E-state index in [1.807, 2.05) is 0 Å². The zero-order valence-electron chi connectivity index (χ0n) is 5.70. The van der Waals surface area contributed by atoms with Crippen LogP contribution in [0.25, 0.3) is 10.4 Å². The van der Waals surface area contributed by atoms with Gasteiger partial charge in [-0.25, -0.2) is 4.39 Å². The van der Waals surface area contributed by atoms with E-state index in [4.69, 9.17) is 10.6 Å². The summed E-state index contributed by atoms with van der Waals surface area (Å²) in [5, 5.41) is 12.0. The molecular weight excluding hydrogens is 229 g/mol. The molecule has 0 aliphatic rings. The summed E-state index contributed by atoms with van der Waals surface area (Å²) in [6, 6.07) is 2.55. The lowest BCUT2D eigenvalue weighted by atomic mass is 10.3. The van der Waals surface area contributed by atoms with Gasteiger partial charge in [-0.2, -0.15) is 0 Å². The summed E-state index contributed by atoms with van der Waals surface area (Å²) in [6.45, 7) is 0. The van der Waals surface area contributed by atoms with Crippen LogP contribution < -0.4 is 0 Å². The highest BCUT2D eigenvalue weighted by Gasteiger charge is 2.08. The Morgan fingerprint density at radius 1 is 1.58 bits per heavy atom. The summed E-state index contributed by atoms with van der Waals surface area (Å²) >= 11 is 2.88. The number of halogens is 2. The zero-order valence-corrected chi connectivity index (χ0v) is 7.29. The molecule has 0 atom stereocenters. The monoisotopic (exact) mass is 231 g/mol. The molecule has 0 heterocycles. The van der Waals surface area contributed by atoms with Crippen molar-refractivity contribution in [1.29, 1.82) is 0 Å². The standard InChI is InChI=1S/C6H3BrFN3O/c7-3-1-2-4(12)6(5(3)8)10-11-9/h1-2,12H. The van der Waals surface area contributed by atoms with Gasteiger partial charge >= 0.3 is 0 Å². The van der Waals surface area contributed by atoms with E-state index in [0.29, 0.717) is 0 Å². The van der Waals surface area contributed by atoms with Crippen molar-refractivity contribution in [3.63, 3.8) is 0 Å². The molecule has 1 aromatic carbocycles. The van der Waals surface area contributed by atoms with E-state index in [0.717, 1.165) is 0 Å². The maximum Gasteiger partial charge on any atom is 0.150 e. The third-order valence-electron chi connectivity index (χ3n) is 1.19. The van der Waals surface area contributed by atoms with Gasteiger partial charge in [0.2, 0.25) is 0 Å². The molecule has 0 aromatic heterocycles. The second-order valence-corrected chi connectivity index (χ2v) is 2.77. The maximum atomic E-state index is 13.0. The number of nitrogens with zero attached hydrogens (tertiary/aromatic N) is 3. The Balaban J connectivity index is 3.42. The van der Waals surface area contributed by atoms with Crippen LogP contribution in [0.3, 0.4) is 0 Å².